The van der Waals surface area contributed by atoms with Gasteiger partial charge in [-0.05, 0) is 18.6 Å². The Kier molecular flexibility index (Phi) is 8.03. The maximum absolute atomic E-state index is 11.1. The lowest BCUT2D eigenvalue weighted by molar-refractivity contribution is 0.199. The number of benzene rings is 1. The number of rotatable bonds is 10. The average Bonchev–Trinajstić information content (AvgIpc) is 2.41. The zero-order chi connectivity index (χ0) is 15.7. The van der Waals surface area contributed by atoms with Crippen molar-refractivity contribution >= 4 is 21.4 Å². The van der Waals surface area contributed by atoms with E-state index >= 15 is 0 Å². The number of methoxy groups -OCH3 is 1. The summed E-state index contributed by atoms with van der Waals surface area (Å²) < 4.78 is 32.8. The van der Waals surface area contributed by atoms with Crippen molar-refractivity contribution in [3.8, 4) is 5.75 Å². The van der Waals surface area contributed by atoms with Gasteiger partial charge in [-0.2, -0.15) is 0 Å². The maximum Gasteiger partial charge on any atom is 0.147 e. The standard InChI is InChI=1S/C14H22ClNO4S/c1-19-9-7-16-11-12-13(15)5-3-6-14(12)20-8-4-10-21(2,17)18/h3,5-6,16H,4,7-11H2,1-2H3. The van der Waals surface area contributed by atoms with Crippen molar-refractivity contribution in [1.29, 1.82) is 0 Å². The summed E-state index contributed by atoms with van der Waals surface area (Å²) in [6.45, 7) is 2.26. The first-order valence-corrected chi connectivity index (χ1v) is 9.15. The van der Waals surface area contributed by atoms with Gasteiger partial charge in [0, 0.05) is 37.0 Å². The van der Waals surface area contributed by atoms with Gasteiger partial charge < -0.3 is 14.8 Å². The summed E-state index contributed by atoms with van der Waals surface area (Å²) in [6, 6.07) is 5.45. The molecule has 0 radical (unpaired) electrons. The molecule has 1 aromatic carbocycles. The lowest BCUT2D eigenvalue weighted by Crippen LogP contribution is -2.19. The van der Waals surface area contributed by atoms with Crippen molar-refractivity contribution in [3.63, 3.8) is 0 Å². The molecule has 21 heavy (non-hydrogen) atoms. The predicted molar refractivity (Wildman–Crippen MR) is 84.9 cm³/mol. The van der Waals surface area contributed by atoms with E-state index in [1.54, 1.807) is 13.2 Å². The molecule has 0 saturated carbocycles. The zero-order valence-electron chi connectivity index (χ0n) is 12.4. The van der Waals surface area contributed by atoms with Gasteiger partial charge in [0.2, 0.25) is 0 Å². The molecular weight excluding hydrogens is 314 g/mol. The SMILES string of the molecule is COCCNCc1c(Cl)cccc1OCCCS(C)(=O)=O. The van der Waals surface area contributed by atoms with Gasteiger partial charge in [0.15, 0.2) is 0 Å². The molecule has 0 bridgehead atoms. The van der Waals surface area contributed by atoms with Crippen LogP contribution in [0.3, 0.4) is 0 Å². The molecule has 0 aliphatic rings. The van der Waals surface area contributed by atoms with Gasteiger partial charge in [-0.3, -0.25) is 0 Å². The van der Waals surface area contributed by atoms with Crippen molar-refractivity contribution in [3.05, 3.63) is 28.8 Å². The predicted octanol–water partition coefficient (Wildman–Crippen LogP) is 1.89. The van der Waals surface area contributed by atoms with E-state index in [9.17, 15) is 8.42 Å². The normalized spacial score (nSPS) is 11.6. The third-order valence-corrected chi connectivity index (χ3v) is 4.16. The van der Waals surface area contributed by atoms with Gasteiger partial charge in [-0.25, -0.2) is 8.42 Å². The highest BCUT2D eigenvalue weighted by Gasteiger charge is 2.09. The number of sulfone groups is 1. The molecule has 120 valence electrons. The monoisotopic (exact) mass is 335 g/mol. The topological polar surface area (TPSA) is 64.6 Å². The van der Waals surface area contributed by atoms with E-state index < -0.39 is 9.84 Å². The van der Waals surface area contributed by atoms with Gasteiger partial charge in [0.25, 0.3) is 0 Å². The average molecular weight is 336 g/mol. The minimum Gasteiger partial charge on any atom is -0.493 e. The summed E-state index contributed by atoms with van der Waals surface area (Å²) in [5.74, 6) is 0.801. The summed E-state index contributed by atoms with van der Waals surface area (Å²) in [4.78, 5) is 0. The lowest BCUT2D eigenvalue weighted by atomic mass is 10.2. The molecular formula is C14H22ClNO4S. The highest BCUT2D eigenvalue weighted by atomic mass is 35.5. The van der Waals surface area contributed by atoms with E-state index in [1.165, 1.54) is 6.26 Å². The Balaban J connectivity index is 2.54. The van der Waals surface area contributed by atoms with Crippen molar-refractivity contribution in [2.24, 2.45) is 0 Å². The molecule has 0 atom stereocenters. The Labute approximate surface area is 131 Å². The fraction of sp³-hybridized carbons (Fsp3) is 0.571. The van der Waals surface area contributed by atoms with Gasteiger partial charge in [0.1, 0.15) is 15.6 Å². The first-order chi connectivity index (χ1) is 9.94. The molecule has 1 aromatic rings. The summed E-state index contributed by atoms with van der Waals surface area (Å²) >= 11 is 6.18. The van der Waals surface area contributed by atoms with Crippen molar-refractivity contribution in [2.45, 2.75) is 13.0 Å². The Bertz CT molecular complexity index is 534. The Morgan fingerprint density at radius 2 is 2.05 bits per heavy atom. The lowest BCUT2D eigenvalue weighted by Gasteiger charge is -2.13. The third kappa shape index (κ3) is 7.66. The smallest absolute Gasteiger partial charge is 0.147 e. The van der Waals surface area contributed by atoms with Crippen LogP contribution < -0.4 is 10.1 Å². The van der Waals surface area contributed by atoms with E-state index in [0.717, 1.165) is 12.1 Å². The number of ether oxygens (including phenoxy) is 2. The van der Waals surface area contributed by atoms with Crippen LogP contribution in [0.2, 0.25) is 5.02 Å². The number of hydrogen-bond acceptors (Lipinski definition) is 5. The highest BCUT2D eigenvalue weighted by Crippen LogP contribution is 2.26. The number of halogens is 1. The zero-order valence-corrected chi connectivity index (χ0v) is 14.0. The molecule has 0 spiro atoms. The van der Waals surface area contributed by atoms with Crippen LogP contribution in [0.1, 0.15) is 12.0 Å². The maximum atomic E-state index is 11.1. The van der Waals surface area contributed by atoms with Gasteiger partial charge in [0.05, 0.1) is 19.0 Å². The Hall–Kier alpha value is -0.820. The Morgan fingerprint density at radius 3 is 2.71 bits per heavy atom. The minimum absolute atomic E-state index is 0.120. The van der Waals surface area contributed by atoms with Crippen LogP contribution in [0.15, 0.2) is 18.2 Å². The van der Waals surface area contributed by atoms with Crippen LogP contribution >= 0.6 is 11.6 Å². The highest BCUT2D eigenvalue weighted by molar-refractivity contribution is 7.90. The van der Waals surface area contributed by atoms with E-state index in [1.807, 2.05) is 12.1 Å². The third-order valence-electron chi connectivity index (χ3n) is 2.78. The second-order valence-corrected chi connectivity index (χ2v) is 7.38. The largest absolute Gasteiger partial charge is 0.493 e. The second kappa shape index (κ2) is 9.25. The summed E-state index contributed by atoms with van der Waals surface area (Å²) in [6.07, 6.45) is 1.68. The molecule has 1 rings (SSSR count). The van der Waals surface area contributed by atoms with Crippen LogP contribution in [0.25, 0.3) is 0 Å². The van der Waals surface area contributed by atoms with Crippen molar-refractivity contribution in [2.75, 3.05) is 38.9 Å². The quantitative estimate of drug-likeness (QED) is 0.661. The van der Waals surface area contributed by atoms with Crippen molar-refractivity contribution in [1.82, 2.24) is 5.32 Å². The van der Waals surface area contributed by atoms with Crippen LogP contribution in [0.4, 0.5) is 0 Å². The first kappa shape index (κ1) is 18.2. The molecule has 0 heterocycles. The fourth-order valence-electron chi connectivity index (χ4n) is 1.74. The van der Waals surface area contributed by atoms with Gasteiger partial charge >= 0.3 is 0 Å². The summed E-state index contributed by atoms with van der Waals surface area (Å²) in [7, 11) is -1.30. The summed E-state index contributed by atoms with van der Waals surface area (Å²) in [5, 5.41) is 3.84. The molecule has 5 nitrogen and oxygen atoms in total. The molecule has 0 aromatic heterocycles. The van der Waals surface area contributed by atoms with Crippen LogP contribution in [0, 0.1) is 0 Å². The Morgan fingerprint density at radius 1 is 1.29 bits per heavy atom. The molecule has 0 aliphatic heterocycles. The summed E-state index contributed by atoms with van der Waals surface area (Å²) in [5.41, 5.74) is 0.870. The van der Waals surface area contributed by atoms with E-state index in [-0.39, 0.29) is 5.75 Å². The number of nitrogens with one attached hydrogen (secondary N) is 1. The first-order valence-electron chi connectivity index (χ1n) is 6.71. The van der Waals surface area contributed by atoms with Crippen LogP contribution in [0.5, 0.6) is 5.75 Å². The molecule has 0 fully saturated rings. The number of hydrogen-bond donors (Lipinski definition) is 1. The van der Waals surface area contributed by atoms with Crippen molar-refractivity contribution < 1.29 is 17.9 Å². The van der Waals surface area contributed by atoms with Crippen LogP contribution in [-0.2, 0) is 21.1 Å². The second-order valence-electron chi connectivity index (χ2n) is 4.72. The molecule has 0 amide bonds. The van der Waals surface area contributed by atoms with E-state index in [2.05, 4.69) is 5.32 Å². The van der Waals surface area contributed by atoms with E-state index in [4.69, 9.17) is 21.1 Å². The fourth-order valence-corrected chi connectivity index (χ4v) is 2.61. The van der Waals surface area contributed by atoms with Gasteiger partial charge in [-0.15, -0.1) is 0 Å². The molecule has 0 aliphatic carbocycles. The van der Waals surface area contributed by atoms with E-state index in [0.29, 0.717) is 37.0 Å². The van der Waals surface area contributed by atoms with Gasteiger partial charge in [-0.1, -0.05) is 17.7 Å². The molecule has 0 unspecified atom stereocenters. The molecule has 7 heteroatoms. The molecule has 1 N–H and O–H groups in total. The minimum atomic E-state index is -2.95. The van der Waals surface area contributed by atoms with Crippen LogP contribution in [-0.4, -0.2) is 47.3 Å². The molecule has 0 saturated heterocycles.